The van der Waals surface area contributed by atoms with Gasteiger partial charge in [-0.15, -0.1) is 11.8 Å². The summed E-state index contributed by atoms with van der Waals surface area (Å²) in [4.78, 5) is 24.5. The molecular formula is C17H18N2O2S. The standard InChI is InChI=1S/C17H18N2O2S/c1-11-7-8-15(12(2)9-11)22-10-16(20)19-14-6-4-3-5-13(14)17(18)21/h3-9H,10H2,1-2H3,(H2,18,21)(H,19,20). The van der Waals surface area contributed by atoms with E-state index in [-0.39, 0.29) is 11.7 Å². The largest absolute Gasteiger partial charge is 0.366 e. The van der Waals surface area contributed by atoms with Gasteiger partial charge in [0.05, 0.1) is 17.0 Å². The maximum absolute atomic E-state index is 12.1. The summed E-state index contributed by atoms with van der Waals surface area (Å²) in [7, 11) is 0. The van der Waals surface area contributed by atoms with E-state index in [1.54, 1.807) is 24.3 Å². The number of benzene rings is 2. The molecule has 2 aromatic carbocycles. The third-order valence-electron chi connectivity index (χ3n) is 3.16. The molecule has 0 aliphatic rings. The van der Waals surface area contributed by atoms with E-state index in [2.05, 4.69) is 11.4 Å². The maximum Gasteiger partial charge on any atom is 0.250 e. The van der Waals surface area contributed by atoms with Crippen LogP contribution in [0.1, 0.15) is 21.5 Å². The number of anilines is 1. The Morgan fingerprint density at radius 3 is 2.55 bits per heavy atom. The second kappa shape index (κ2) is 7.13. The van der Waals surface area contributed by atoms with Gasteiger partial charge in [-0.1, -0.05) is 29.8 Å². The zero-order chi connectivity index (χ0) is 16.1. The van der Waals surface area contributed by atoms with Gasteiger partial charge in [0.15, 0.2) is 0 Å². The predicted molar refractivity (Wildman–Crippen MR) is 90.2 cm³/mol. The van der Waals surface area contributed by atoms with Gasteiger partial charge in [-0.05, 0) is 37.6 Å². The zero-order valence-electron chi connectivity index (χ0n) is 12.6. The first-order chi connectivity index (χ1) is 10.5. The van der Waals surface area contributed by atoms with E-state index in [4.69, 9.17) is 5.73 Å². The molecule has 0 unspecified atom stereocenters. The van der Waals surface area contributed by atoms with Gasteiger partial charge < -0.3 is 11.1 Å². The smallest absolute Gasteiger partial charge is 0.250 e. The summed E-state index contributed by atoms with van der Waals surface area (Å²) >= 11 is 1.47. The van der Waals surface area contributed by atoms with Gasteiger partial charge in [-0.25, -0.2) is 0 Å². The van der Waals surface area contributed by atoms with Crippen LogP contribution < -0.4 is 11.1 Å². The van der Waals surface area contributed by atoms with Crippen molar-refractivity contribution in [2.45, 2.75) is 18.7 Å². The van der Waals surface area contributed by atoms with Crippen LogP contribution in [0.25, 0.3) is 0 Å². The van der Waals surface area contributed by atoms with Crippen LogP contribution in [0, 0.1) is 13.8 Å². The van der Waals surface area contributed by atoms with Crippen molar-refractivity contribution in [3.05, 3.63) is 59.2 Å². The number of nitrogens with one attached hydrogen (secondary N) is 1. The van der Waals surface area contributed by atoms with E-state index in [0.29, 0.717) is 11.3 Å². The molecule has 0 atom stereocenters. The number of carbonyl (C=O) groups is 2. The number of thioether (sulfide) groups is 1. The van der Waals surface area contributed by atoms with Crippen LogP contribution in [0.2, 0.25) is 0 Å². The Kier molecular flexibility index (Phi) is 5.22. The summed E-state index contributed by atoms with van der Waals surface area (Å²) in [5, 5.41) is 2.73. The molecule has 4 nitrogen and oxygen atoms in total. The highest BCUT2D eigenvalue weighted by Gasteiger charge is 2.11. The van der Waals surface area contributed by atoms with E-state index in [1.165, 1.54) is 17.3 Å². The molecule has 0 radical (unpaired) electrons. The van der Waals surface area contributed by atoms with E-state index in [9.17, 15) is 9.59 Å². The molecular weight excluding hydrogens is 296 g/mol. The summed E-state index contributed by atoms with van der Waals surface area (Å²) in [6.07, 6.45) is 0. The Labute approximate surface area is 134 Å². The average Bonchev–Trinajstić information content (AvgIpc) is 2.46. The Morgan fingerprint density at radius 2 is 1.86 bits per heavy atom. The van der Waals surface area contributed by atoms with Crippen molar-refractivity contribution in [3.8, 4) is 0 Å². The van der Waals surface area contributed by atoms with E-state index >= 15 is 0 Å². The van der Waals surface area contributed by atoms with Crippen LogP contribution in [-0.2, 0) is 4.79 Å². The molecule has 0 saturated heterocycles. The van der Waals surface area contributed by atoms with Gasteiger partial charge in [0, 0.05) is 4.90 Å². The number of hydrogen-bond donors (Lipinski definition) is 2. The first kappa shape index (κ1) is 16.1. The van der Waals surface area contributed by atoms with Crippen molar-refractivity contribution < 1.29 is 9.59 Å². The molecule has 0 aliphatic heterocycles. The number of aryl methyl sites for hydroxylation is 2. The summed E-state index contributed by atoms with van der Waals surface area (Å²) < 4.78 is 0. The first-order valence-corrected chi connectivity index (χ1v) is 7.84. The van der Waals surface area contributed by atoms with Gasteiger partial charge >= 0.3 is 0 Å². The van der Waals surface area contributed by atoms with Crippen molar-refractivity contribution in [2.75, 3.05) is 11.1 Å². The number of para-hydroxylation sites is 1. The quantitative estimate of drug-likeness (QED) is 0.833. The fraction of sp³-hybridized carbons (Fsp3) is 0.176. The first-order valence-electron chi connectivity index (χ1n) is 6.86. The Morgan fingerprint density at radius 1 is 1.14 bits per heavy atom. The Balaban J connectivity index is 2.00. The summed E-state index contributed by atoms with van der Waals surface area (Å²) in [5.74, 6) is -0.451. The Hall–Kier alpha value is -2.27. The van der Waals surface area contributed by atoms with E-state index in [1.807, 2.05) is 26.0 Å². The lowest BCUT2D eigenvalue weighted by molar-refractivity contribution is -0.113. The monoisotopic (exact) mass is 314 g/mol. The molecule has 0 aliphatic carbocycles. The van der Waals surface area contributed by atoms with Crippen molar-refractivity contribution in [1.82, 2.24) is 0 Å². The zero-order valence-corrected chi connectivity index (χ0v) is 13.4. The number of hydrogen-bond acceptors (Lipinski definition) is 3. The van der Waals surface area contributed by atoms with Crippen molar-refractivity contribution in [2.24, 2.45) is 5.73 Å². The summed E-state index contributed by atoms with van der Waals surface area (Å²) in [6.45, 7) is 4.06. The van der Waals surface area contributed by atoms with Crippen molar-refractivity contribution in [3.63, 3.8) is 0 Å². The molecule has 2 aromatic rings. The highest BCUT2D eigenvalue weighted by Crippen LogP contribution is 2.23. The van der Waals surface area contributed by atoms with Crippen LogP contribution in [-0.4, -0.2) is 17.6 Å². The van der Waals surface area contributed by atoms with Crippen LogP contribution >= 0.6 is 11.8 Å². The number of nitrogens with two attached hydrogens (primary N) is 1. The van der Waals surface area contributed by atoms with Crippen LogP contribution in [0.3, 0.4) is 0 Å². The number of carbonyl (C=O) groups excluding carboxylic acids is 2. The van der Waals surface area contributed by atoms with Crippen molar-refractivity contribution in [1.29, 1.82) is 0 Å². The number of rotatable bonds is 5. The molecule has 0 aromatic heterocycles. The normalized spacial score (nSPS) is 10.3. The third-order valence-corrected chi connectivity index (χ3v) is 4.33. The summed E-state index contributed by atoms with van der Waals surface area (Å²) in [5.41, 5.74) is 8.40. The second-order valence-corrected chi connectivity index (χ2v) is 6.03. The Bertz CT molecular complexity index is 714. The number of primary amides is 1. The highest BCUT2D eigenvalue weighted by molar-refractivity contribution is 8.00. The van der Waals surface area contributed by atoms with Gasteiger partial charge in [0.25, 0.3) is 5.91 Å². The van der Waals surface area contributed by atoms with Gasteiger partial charge in [0.1, 0.15) is 0 Å². The van der Waals surface area contributed by atoms with Crippen molar-refractivity contribution >= 4 is 29.3 Å². The molecule has 3 N–H and O–H groups in total. The SMILES string of the molecule is Cc1ccc(SCC(=O)Nc2ccccc2C(N)=O)c(C)c1. The predicted octanol–water partition coefficient (Wildman–Crippen LogP) is 3.13. The average molecular weight is 314 g/mol. The molecule has 0 heterocycles. The van der Waals surface area contributed by atoms with Gasteiger partial charge in [-0.3, -0.25) is 9.59 Å². The lowest BCUT2D eigenvalue weighted by Gasteiger charge is -2.09. The second-order valence-electron chi connectivity index (χ2n) is 5.02. The van der Waals surface area contributed by atoms with Gasteiger partial charge in [-0.2, -0.15) is 0 Å². The lowest BCUT2D eigenvalue weighted by Crippen LogP contribution is -2.19. The minimum absolute atomic E-state index is 0.168. The maximum atomic E-state index is 12.1. The van der Waals surface area contributed by atoms with Crippen LogP contribution in [0.4, 0.5) is 5.69 Å². The molecule has 22 heavy (non-hydrogen) atoms. The topological polar surface area (TPSA) is 72.2 Å². The van der Waals surface area contributed by atoms with Crippen LogP contribution in [0.5, 0.6) is 0 Å². The van der Waals surface area contributed by atoms with E-state index in [0.717, 1.165) is 10.5 Å². The fourth-order valence-corrected chi connectivity index (χ4v) is 2.91. The minimum atomic E-state index is -0.557. The molecule has 0 saturated carbocycles. The number of amides is 2. The summed E-state index contributed by atoms with van der Waals surface area (Å²) in [6, 6.07) is 12.8. The molecule has 0 bridgehead atoms. The highest BCUT2D eigenvalue weighted by atomic mass is 32.2. The molecule has 5 heteroatoms. The van der Waals surface area contributed by atoms with E-state index < -0.39 is 5.91 Å². The molecule has 114 valence electrons. The molecule has 0 fully saturated rings. The molecule has 0 spiro atoms. The third kappa shape index (κ3) is 4.11. The van der Waals surface area contributed by atoms with Gasteiger partial charge in [0.2, 0.25) is 5.91 Å². The van der Waals surface area contributed by atoms with Crippen LogP contribution in [0.15, 0.2) is 47.4 Å². The minimum Gasteiger partial charge on any atom is -0.366 e. The fourth-order valence-electron chi connectivity index (χ4n) is 2.10. The molecule has 2 amide bonds. The molecule has 2 rings (SSSR count). The lowest BCUT2D eigenvalue weighted by atomic mass is 10.1.